The fourth-order valence-electron chi connectivity index (χ4n) is 3.40. The number of benzene rings is 2. The van der Waals surface area contributed by atoms with Gasteiger partial charge in [-0.2, -0.15) is 0 Å². The maximum atomic E-state index is 12.8. The zero-order valence-corrected chi connectivity index (χ0v) is 18.6. The molecule has 0 aliphatic heterocycles. The minimum Gasteiger partial charge on any atom is -0.339 e. The highest BCUT2D eigenvalue weighted by Crippen LogP contribution is 2.18. The van der Waals surface area contributed by atoms with Crippen LogP contribution in [0.3, 0.4) is 0 Å². The van der Waals surface area contributed by atoms with Crippen LogP contribution in [-0.2, 0) is 13.1 Å². The van der Waals surface area contributed by atoms with E-state index in [0.717, 1.165) is 27.7 Å². The van der Waals surface area contributed by atoms with Crippen molar-refractivity contribution in [1.82, 2.24) is 9.88 Å². The Morgan fingerprint density at radius 1 is 1.03 bits per heavy atom. The predicted octanol–water partition coefficient (Wildman–Crippen LogP) is 5.61. The number of anilines is 1. The van der Waals surface area contributed by atoms with Gasteiger partial charge in [-0.3, -0.25) is 4.79 Å². The Morgan fingerprint density at radius 2 is 1.87 bits per heavy atom. The van der Waals surface area contributed by atoms with Crippen LogP contribution >= 0.6 is 23.6 Å². The normalized spacial score (nSPS) is 10.9. The topological polar surface area (TPSA) is 48.1 Å². The molecule has 0 fully saturated rings. The molecule has 30 heavy (non-hydrogen) atoms. The number of rotatable bonds is 5. The summed E-state index contributed by atoms with van der Waals surface area (Å²) in [5, 5.41) is 6.99. The molecule has 0 aliphatic carbocycles. The fourth-order valence-corrected chi connectivity index (χ4v) is 4.37. The van der Waals surface area contributed by atoms with Crippen molar-refractivity contribution in [2.75, 3.05) is 5.32 Å². The van der Waals surface area contributed by atoms with Crippen molar-refractivity contribution in [2.24, 2.45) is 0 Å². The number of aryl methyl sites for hydroxylation is 2. The lowest BCUT2D eigenvalue weighted by Crippen LogP contribution is -2.35. The second-order valence-electron chi connectivity index (χ2n) is 7.45. The van der Waals surface area contributed by atoms with Crippen molar-refractivity contribution < 1.29 is 0 Å². The zero-order valence-electron chi connectivity index (χ0n) is 16.9. The third kappa shape index (κ3) is 4.78. The van der Waals surface area contributed by atoms with E-state index in [4.69, 9.17) is 12.2 Å². The molecule has 2 aromatic heterocycles. The molecular formula is C24H23N3OS2. The van der Waals surface area contributed by atoms with Crippen LogP contribution in [0, 0.1) is 13.8 Å². The molecule has 0 atom stereocenters. The number of aromatic nitrogens is 1. The summed E-state index contributed by atoms with van der Waals surface area (Å²) in [5.41, 5.74) is 4.69. The standard InChI is InChI=1S/C24H23N3OS2/c1-16-5-3-6-20(11-16)25-24(29)27(15-21-7-4-10-30-21)14-19-13-18-9-8-17(2)12-22(18)26-23(19)28/h3-13H,14-15H2,1-2H3,(H,25,29)(H,26,28). The van der Waals surface area contributed by atoms with E-state index in [1.807, 2.05) is 61.2 Å². The molecule has 2 aromatic carbocycles. The quantitative estimate of drug-likeness (QED) is 0.402. The van der Waals surface area contributed by atoms with Crippen molar-refractivity contribution in [2.45, 2.75) is 26.9 Å². The van der Waals surface area contributed by atoms with Gasteiger partial charge in [-0.15, -0.1) is 11.3 Å². The first kappa shape index (κ1) is 20.3. The Balaban J connectivity index is 1.63. The molecule has 0 bridgehead atoms. The van der Waals surface area contributed by atoms with Gasteiger partial charge in [0.05, 0.1) is 13.1 Å². The van der Waals surface area contributed by atoms with Gasteiger partial charge in [0, 0.05) is 21.6 Å². The van der Waals surface area contributed by atoms with Crippen molar-refractivity contribution in [3.63, 3.8) is 0 Å². The van der Waals surface area contributed by atoms with Crippen LogP contribution in [0.15, 0.2) is 70.8 Å². The molecule has 2 N–H and O–H groups in total. The minimum atomic E-state index is -0.0809. The number of nitrogens with one attached hydrogen (secondary N) is 2. The van der Waals surface area contributed by atoms with Gasteiger partial charge in [-0.1, -0.05) is 30.3 Å². The van der Waals surface area contributed by atoms with Crippen LogP contribution < -0.4 is 10.9 Å². The molecule has 2 heterocycles. The number of H-pyrrole nitrogens is 1. The number of thiophene rings is 1. The van der Waals surface area contributed by atoms with Crippen LogP contribution in [0.2, 0.25) is 0 Å². The predicted molar refractivity (Wildman–Crippen MR) is 130 cm³/mol. The van der Waals surface area contributed by atoms with Crippen molar-refractivity contribution in [3.05, 3.63) is 98.0 Å². The summed E-state index contributed by atoms with van der Waals surface area (Å²) in [6, 6.07) is 20.3. The molecule has 4 rings (SSSR count). The van der Waals surface area contributed by atoms with Gasteiger partial charge in [0.1, 0.15) is 0 Å². The summed E-state index contributed by atoms with van der Waals surface area (Å²) >= 11 is 7.42. The number of pyridine rings is 1. The van der Waals surface area contributed by atoms with Gasteiger partial charge >= 0.3 is 0 Å². The molecular weight excluding hydrogens is 410 g/mol. The number of fused-ring (bicyclic) bond motifs is 1. The first-order chi connectivity index (χ1) is 14.5. The SMILES string of the molecule is Cc1cccc(NC(=S)N(Cc2cccs2)Cc2cc3ccc(C)cc3[nH]c2=O)c1. The monoisotopic (exact) mass is 433 g/mol. The highest BCUT2D eigenvalue weighted by atomic mass is 32.1. The van der Waals surface area contributed by atoms with E-state index in [9.17, 15) is 4.79 Å². The largest absolute Gasteiger partial charge is 0.339 e. The Morgan fingerprint density at radius 3 is 2.63 bits per heavy atom. The summed E-state index contributed by atoms with van der Waals surface area (Å²) in [7, 11) is 0. The van der Waals surface area contributed by atoms with Gasteiger partial charge in [-0.05, 0) is 78.3 Å². The fraction of sp³-hybridized carbons (Fsp3) is 0.167. The molecule has 4 aromatic rings. The summed E-state index contributed by atoms with van der Waals surface area (Å²) in [5.74, 6) is 0. The van der Waals surface area contributed by atoms with E-state index in [1.165, 1.54) is 4.88 Å². The maximum Gasteiger partial charge on any atom is 0.253 e. The Hall–Kier alpha value is -2.96. The van der Waals surface area contributed by atoms with E-state index in [0.29, 0.717) is 23.8 Å². The van der Waals surface area contributed by atoms with E-state index >= 15 is 0 Å². The molecule has 152 valence electrons. The molecule has 0 amide bonds. The molecule has 0 unspecified atom stereocenters. The molecule has 0 radical (unpaired) electrons. The Bertz CT molecular complexity index is 1250. The summed E-state index contributed by atoms with van der Waals surface area (Å²) in [6.45, 7) is 5.13. The van der Waals surface area contributed by atoms with E-state index < -0.39 is 0 Å². The number of aromatic amines is 1. The van der Waals surface area contributed by atoms with Crippen LogP contribution in [0.4, 0.5) is 5.69 Å². The Labute approximate surface area is 185 Å². The lowest BCUT2D eigenvalue weighted by molar-refractivity contribution is 0.415. The summed E-state index contributed by atoms with van der Waals surface area (Å²) in [6.07, 6.45) is 0. The van der Waals surface area contributed by atoms with Gasteiger partial charge < -0.3 is 15.2 Å². The third-order valence-corrected chi connectivity index (χ3v) is 6.14. The first-order valence-corrected chi connectivity index (χ1v) is 11.0. The molecule has 0 saturated carbocycles. The summed E-state index contributed by atoms with van der Waals surface area (Å²) in [4.78, 5) is 19.0. The van der Waals surface area contributed by atoms with Crippen LogP contribution in [0.1, 0.15) is 21.6 Å². The van der Waals surface area contributed by atoms with Crippen LogP contribution in [0.5, 0.6) is 0 Å². The molecule has 0 spiro atoms. The number of thiocarbonyl (C=S) groups is 1. The van der Waals surface area contributed by atoms with Crippen molar-refractivity contribution in [3.8, 4) is 0 Å². The van der Waals surface area contributed by atoms with Crippen molar-refractivity contribution >= 4 is 45.3 Å². The van der Waals surface area contributed by atoms with Gasteiger partial charge in [0.25, 0.3) is 5.56 Å². The van der Waals surface area contributed by atoms with Crippen LogP contribution in [0.25, 0.3) is 10.9 Å². The molecule has 0 saturated heterocycles. The average Bonchev–Trinajstić information content (AvgIpc) is 3.21. The average molecular weight is 434 g/mol. The minimum absolute atomic E-state index is 0.0809. The second kappa shape index (κ2) is 8.81. The second-order valence-corrected chi connectivity index (χ2v) is 8.87. The van der Waals surface area contributed by atoms with E-state index in [1.54, 1.807) is 11.3 Å². The van der Waals surface area contributed by atoms with E-state index in [-0.39, 0.29) is 5.56 Å². The van der Waals surface area contributed by atoms with Crippen LogP contribution in [-0.4, -0.2) is 15.0 Å². The molecule has 0 aliphatic rings. The number of hydrogen-bond acceptors (Lipinski definition) is 3. The number of hydrogen-bond donors (Lipinski definition) is 2. The number of nitrogens with zero attached hydrogens (tertiary/aromatic N) is 1. The molecule has 4 nitrogen and oxygen atoms in total. The highest BCUT2D eigenvalue weighted by molar-refractivity contribution is 7.80. The smallest absolute Gasteiger partial charge is 0.253 e. The highest BCUT2D eigenvalue weighted by Gasteiger charge is 2.15. The third-order valence-electron chi connectivity index (χ3n) is 4.92. The van der Waals surface area contributed by atoms with Gasteiger partial charge in [0.2, 0.25) is 0 Å². The first-order valence-electron chi connectivity index (χ1n) is 9.75. The maximum absolute atomic E-state index is 12.8. The lowest BCUT2D eigenvalue weighted by atomic mass is 10.1. The van der Waals surface area contributed by atoms with Crippen molar-refractivity contribution in [1.29, 1.82) is 0 Å². The van der Waals surface area contributed by atoms with Gasteiger partial charge in [-0.25, -0.2) is 0 Å². The van der Waals surface area contributed by atoms with E-state index in [2.05, 4.69) is 33.9 Å². The lowest BCUT2D eigenvalue weighted by Gasteiger charge is -2.25. The summed E-state index contributed by atoms with van der Waals surface area (Å²) < 4.78 is 0. The Kier molecular flexibility index (Phi) is 5.97. The molecule has 6 heteroatoms. The van der Waals surface area contributed by atoms with Gasteiger partial charge in [0.15, 0.2) is 5.11 Å². The zero-order chi connectivity index (χ0) is 21.1.